The Labute approximate surface area is 110 Å². The van der Waals surface area contributed by atoms with Gasteiger partial charge >= 0.3 is 0 Å². The SMILES string of the molecule is CCCC1(c2cccc(Cl)c2)CCCCCN1. The summed E-state index contributed by atoms with van der Waals surface area (Å²) in [6.45, 7) is 3.39. The molecule has 1 fully saturated rings. The van der Waals surface area contributed by atoms with E-state index < -0.39 is 0 Å². The molecule has 0 radical (unpaired) electrons. The van der Waals surface area contributed by atoms with Crippen molar-refractivity contribution in [3.8, 4) is 0 Å². The van der Waals surface area contributed by atoms with Gasteiger partial charge in [0.2, 0.25) is 0 Å². The van der Waals surface area contributed by atoms with Crippen molar-refractivity contribution >= 4 is 11.6 Å². The lowest BCUT2D eigenvalue weighted by atomic mass is 9.82. The Hall–Kier alpha value is -0.530. The summed E-state index contributed by atoms with van der Waals surface area (Å²) in [6.07, 6.45) is 7.61. The Morgan fingerprint density at radius 1 is 1.29 bits per heavy atom. The van der Waals surface area contributed by atoms with E-state index in [0.29, 0.717) is 0 Å². The molecule has 1 N–H and O–H groups in total. The minimum Gasteiger partial charge on any atom is -0.307 e. The summed E-state index contributed by atoms with van der Waals surface area (Å²) in [6, 6.07) is 8.39. The lowest BCUT2D eigenvalue weighted by Crippen LogP contribution is -2.41. The molecule has 0 saturated carbocycles. The van der Waals surface area contributed by atoms with Crippen molar-refractivity contribution in [2.24, 2.45) is 0 Å². The summed E-state index contributed by atoms with van der Waals surface area (Å²) in [5.74, 6) is 0. The molecule has 1 heterocycles. The third kappa shape index (κ3) is 3.02. The Kier molecular flexibility index (Phi) is 4.47. The standard InChI is InChI=1S/C15H22ClN/c1-2-9-15(10-4-3-5-11-17-15)13-7-6-8-14(16)12-13/h6-8,12,17H,2-5,9-11H2,1H3. The molecule has 1 unspecified atom stereocenters. The first kappa shape index (κ1) is 12.9. The molecule has 1 atom stereocenters. The maximum atomic E-state index is 6.14. The van der Waals surface area contributed by atoms with E-state index in [9.17, 15) is 0 Å². The topological polar surface area (TPSA) is 12.0 Å². The van der Waals surface area contributed by atoms with E-state index in [0.717, 1.165) is 11.6 Å². The second-order valence-electron chi connectivity index (χ2n) is 5.08. The van der Waals surface area contributed by atoms with Gasteiger partial charge in [-0.3, -0.25) is 0 Å². The van der Waals surface area contributed by atoms with Crippen LogP contribution in [-0.4, -0.2) is 6.54 Å². The van der Waals surface area contributed by atoms with E-state index in [4.69, 9.17) is 11.6 Å². The Bertz CT molecular complexity index is 354. The van der Waals surface area contributed by atoms with Gasteiger partial charge < -0.3 is 5.32 Å². The van der Waals surface area contributed by atoms with Gasteiger partial charge in [-0.25, -0.2) is 0 Å². The molecular weight excluding hydrogens is 230 g/mol. The first-order valence-corrected chi connectivity index (χ1v) is 7.16. The second kappa shape index (κ2) is 5.88. The molecule has 0 bridgehead atoms. The van der Waals surface area contributed by atoms with Crippen LogP contribution in [0.25, 0.3) is 0 Å². The summed E-state index contributed by atoms with van der Waals surface area (Å²) in [5, 5.41) is 4.63. The molecule has 1 aliphatic heterocycles. The van der Waals surface area contributed by atoms with Crippen molar-refractivity contribution in [1.82, 2.24) is 5.32 Å². The van der Waals surface area contributed by atoms with Crippen molar-refractivity contribution in [3.05, 3.63) is 34.9 Å². The average Bonchev–Trinajstić information content (AvgIpc) is 2.56. The molecule has 0 amide bonds. The van der Waals surface area contributed by atoms with Crippen molar-refractivity contribution in [2.75, 3.05) is 6.54 Å². The van der Waals surface area contributed by atoms with Crippen molar-refractivity contribution in [1.29, 1.82) is 0 Å². The lowest BCUT2D eigenvalue weighted by Gasteiger charge is -2.34. The third-order valence-electron chi connectivity index (χ3n) is 3.80. The Balaban J connectivity index is 2.31. The molecule has 1 aromatic rings. The fourth-order valence-corrected chi connectivity index (χ4v) is 3.15. The molecule has 1 aliphatic rings. The fourth-order valence-electron chi connectivity index (χ4n) is 2.96. The zero-order chi connectivity index (χ0) is 12.1. The van der Waals surface area contributed by atoms with Crippen LogP contribution in [0.5, 0.6) is 0 Å². The molecule has 1 aromatic carbocycles. The molecule has 17 heavy (non-hydrogen) atoms. The monoisotopic (exact) mass is 251 g/mol. The van der Waals surface area contributed by atoms with E-state index in [2.05, 4.69) is 30.4 Å². The third-order valence-corrected chi connectivity index (χ3v) is 4.03. The van der Waals surface area contributed by atoms with Gasteiger partial charge in [-0.05, 0) is 43.5 Å². The van der Waals surface area contributed by atoms with E-state index >= 15 is 0 Å². The van der Waals surface area contributed by atoms with Gasteiger partial charge in [0.25, 0.3) is 0 Å². The summed E-state index contributed by atoms with van der Waals surface area (Å²) in [7, 11) is 0. The normalized spacial score (nSPS) is 25.5. The maximum absolute atomic E-state index is 6.14. The molecular formula is C15H22ClN. The summed E-state index contributed by atoms with van der Waals surface area (Å²) in [5.41, 5.74) is 1.53. The molecule has 1 nitrogen and oxygen atoms in total. The summed E-state index contributed by atoms with van der Waals surface area (Å²) in [4.78, 5) is 0. The molecule has 0 spiro atoms. The first-order valence-electron chi connectivity index (χ1n) is 6.78. The predicted octanol–water partition coefficient (Wildman–Crippen LogP) is 4.50. The van der Waals surface area contributed by atoms with Gasteiger partial charge in [-0.1, -0.05) is 49.9 Å². The van der Waals surface area contributed by atoms with Crippen LogP contribution in [-0.2, 0) is 5.54 Å². The van der Waals surface area contributed by atoms with Crippen LogP contribution < -0.4 is 5.32 Å². The number of hydrogen-bond donors (Lipinski definition) is 1. The number of nitrogens with one attached hydrogen (secondary N) is 1. The van der Waals surface area contributed by atoms with Gasteiger partial charge in [-0.2, -0.15) is 0 Å². The van der Waals surface area contributed by atoms with Crippen LogP contribution in [0.4, 0.5) is 0 Å². The quantitative estimate of drug-likeness (QED) is 0.834. The highest BCUT2D eigenvalue weighted by atomic mass is 35.5. The Morgan fingerprint density at radius 2 is 2.18 bits per heavy atom. The highest BCUT2D eigenvalue weighted by molar-refractivity contribution is 6.30. The van der Waals surface area contributed by atoms with Crippen LogP contribution in [0, 0.1) is 0 Å². The van der Waals surface area contributed by atoms with Gasteiger partial charge in [0, 0.05) is 10.6 Å². The van der Waals surface area contributed by atoms with Crippen LogP contribution >= 0.6 is 11.6 Å². The average molecular weight is 252 g/mol. The van der Waals surface area contributed by atoms with Crippen LogP contribution in [0.3, 0.4) is 0 Å². The van der Waals surface area contributed by atoms with E-state index in [-0.39, 0.29) is 5.54 Å². The first-order chi connectivity index (χ1) is 8.27. The molecule has 2 rings (SSSR count). The van der Waals surface area contributed by atoms with Crippen LogP contribution in [0.1, 0.15) is 51.0 Å². The summed E-state index contributed by atoms with van der Waals surface area (Å²) >= 11 is 6.14. The van der Waals surface area contributed by atoms with Gasteiger partial charge in [0.1, 0.15) is 0 Å². The molecule has 1 saturated heterocycles. The molecule has 0 aromatic heterocycles. The highest BCUT2D eigenvalue weighted by Crippen LogP contribution is 2.35. The van der Waals surface area contributed by atoms with Crippen molar-refractivity contribution < 1.29 is 0 Å². The highest BCUT2D eigenvalue weighted by Gasteiger charge is 2.31. The van der Waals surface area contributed by atoms with Crippen molar-refractivity contribution in [2.45, 2.75) is 51.0 Å². The molecule has 94 valence electrons. The van der Waals surface area contributed by atoms with E-state index in [1.54, 1.807) is 0 Å². The minimum absolute atomic E-state index is 0.163. The van der Waals surface area contributed by atoms with Gasteiger partial charge in [-0.15, -0.1) is 0 Å². The molecule has 2 heteroatoms. The lowest BCUT2D eigenvalue weighted by molar-refractivity contribution is 0.297. The number of hydrogen-bond acceptors (Lipinski definition) is 1. The fraction of sp³-hybridized carbons (Fsp3) is 0.600. The van der Waals surface area contributed by atoms with Gasteiger partial charge in [0.15, 0.2) is 0 Å². The zero-order valence-corrected chi connectivity index (χ0v) is 11.4. The van der Waals surface area contributed by atoms with Crippen LogP contribution in [0.2, 0.25) is 5.02 Å². The second-order valence-corrected chi connectivity index (χ2v) is 5.52. The van der Waals surface area contributed by atoms with Crippen LogP contribution in [0.15, 0.2) is 24.3 Å². The zero-order valence-electron chi connectivity index (χ0n) is 10.6. The maximum Gasteiger partial charge on any atom is 0.0435 e. The largest absolute Gasteiger partial charge is 0.307 e. The van der Waals surface area contributed by atoms with Crippen molar-refractivity contribution in [3.63, 3.8) is 0 Å². The summed E-state index contributed by atoms with van der Waals surface area (Å²) < 4.78 is 0. The Morgan fingerprint density at radius 3 is 2.94 bits per heavy atom. The number of rotatable bonds is 3. The number of halogens is 1. The number of benzene rings is 1. The predicted molar refractivity (Wildman–Crippen MR) is 74.5 cm³/mol. The van der Waals surface area contributed by atoms with E-state index in [1.165, 1.54) is 44.1 Å². The smallest absolute Gasteiger partial charge is 0.0435 e. The minimum atomic E-state index is 0.163. The van der Waals surface area contributed by atoms with E-state index in [1.807, 2.05) is 6.07 Å². The molecule has 0 aliphatic carbocycles. The van der Waals surface area contributed by atoms with Gasteiger partial charge in [0.05, 0.1) is 0 Å².